The minimum Gasteiger partial charge on any atom is -0.480 e. The molecule has 0 fully saturated rings. The van der Waals surface area contributed by atoms with Gasteiger partial charge in [0.25, 0.3) is 5.91 Å². The zero-order chi connectivity index (χ0) is 24.5. The number of hydrogen-bond donors (Lipinski definition) is 2. The van der Waals surface area contributed by atoms with Crippen molar-refractivity contribution < 1.29 is 28.6 Å². The summed E-state index contributed by atoms with van der Waals surface area (Å²) in [6, 6.07) is 16.1. The van der Waals surface area contributed by atoms with Gasteiger partial charge >= 0.3 is 12.1 Å². The number of hydrogen-bond acceptors (Lipinski definition) is 6. The van der Waals surface area contributed by atoms with Crippen molar-refractivity contribution in [2.45, 2.75) is 31.8 Å². The predicted octanol–water partition coefficient (Wildman–Crippen LogP) is 3.65. The highest BCUT2D eigenvalue weighted by atomic mass is 16.5. The van der Waals surface area contributed by atoms with E-state index in [0.717, 1.165) is 33.5 Å². The molecule has 0 atom stereocenters. The molecule has 1 aliphatic carbocycles. The molecule has 9 nitrogen and oxygen atoms in total. The molecule has 2 aromatic carbocycles. The van der Waals surface area contributed by atoms with Crippen LogP contribution in [0.2, 0.25) is 0 Å². The Morgan fingerprint density at radius 2 is 1.68 bits per heavy atom. The smallest absolute Gasteiger partial charge is 0.407 e. The number of ether oxygens (including phenoxy) is 1. The van der Waals surface area contributed by atoms with E-state index in [1.54, 1.807) is 0 Å². The van der Waals surface area contributed by atoms with E-state index in [1.807, 2.05) is 36.4 Å². The number of carboxylic acid groups (broad SMARTS) is 1. The Balaban J connectivity index is 1.39. The molecule has 176 valence electrons. The van der Waals surface area contributed by atoms with Gasteiger partial charge in [-0.2, -0.15) is 0 Å². The Labute approximate surface area is 196 Å². The van der Waals surface area contributed by atoms with Crippen LogP contribution in [0.15, 0.2) is 59.3 Å². The van der Waals surface area contributed by atoms with Gasteiger partial charge in [0.1, 0.15) is 12.1 Å². The molecule has 0 aliphatic heterocycles. The van der Waals surface area contributed by atoms with Crippen molar-refractivity contribution in [2.75, 3.05) is 13.7 Å². The van der Waals surface area contributed by atoms with Crippen LogP contribution in [0.4, 0.5) is 4.79 Å². The zero-order valence-corrected chi connectivity index (χ0v) is 19.1. The molecule has 2 amide bonds. The highest BCUT2D eigenvalue weighted by Crippen LogP contribution is 2.44. The topological polar surface area (TPSA) is 122 Å². The Bertz CT molecular complexity index is 1200. The summed E-state index contributed by atoms with van der Waals surface area (Å²) in [5.41, 5.74) is 2.94. The van der Waals surface area contributed by atoms with Crippen LogP contribution in [0, 0.1) is 0 Å². The van der Waals surface area contributed by atoms with Gasteiger partial charge in [-0.05, 0) is 36.1 Å². The lowest BCUT2D eigenvalue weighted by atomic mass is 9.98. The third-order valence-corrected chi connectivity index (χ3v) is 6.25. The monoisotopic (exact) mass is 463 g/mol. The van der Waals surface area contributed by atoms with Crippen molar-refractivity contribution in [3.63, 3.8) is 0 Å². The molecule has 9 heteroatoms. The average molecular weight is 463 g/mol. The highest BCUT2D eigenvalue weighted by molar-refractivity contribution is 5.96. The summed E-state index contributed by atoms with van der Waals surface area (Å²) in [6.45, 7) is 2.82. The van der Waals surface area contributed by atoms with E-state index in [2.05, 4.69) is 22.4 Å². The van der Waals surface area contributed by atoms with E-state index >= 15 is 0 Å². The summed E-state index contributed by atoms with van der Waals surface area (Å²) in [5, 5.41) is 11.9. The molecule has 0 saturated carbocycles. The van der Waals surface area contributed by atoms with E-state index in [-0.39, 0.29) is 30.5 Å². The number of aromatic nitrogens is 1. The number of carboxylic acids is 1. The lowest BCUT2D eigenvalue weighted by Gasteiger charge is -2.31. The van der Waals surface area contributed by atoms with Crippen molar-refractivity contribution in [1.82, 2.24) is 15.2 Å². The number of nitrogens with zero attached hydrogens (tertiary/aromatic N) is 2. The quantitative estimate of drug-likeness (QED) is 0.548. The number of amides is 2. The number of alkyl carbamates (subject to hydrolysis) is 1. The molecule has 2 N–H and O–H groups in total. The van der Waals surface area contributed by atoms with Gasteiger partial charge < -0.3 is 24.5 Å². The van der Waals surface area contributed by atoms with Crippen molar-refractivity contribution >= 4 is 18.0 Å². The zero-order valence-electron chi connectivity index (χ0n) is 19.1. The molecule has 0 saturated heterocycles. The Morgan fingerprint density at radius 1 is 1.09 bits per heavy atom. The van der Waals surface area contributed by atoms with Gasteiger partial charge in [0.05, 0.1) is 6.54 Å². The van der Waals surface area contributed by atoms with Gasteiger partial charge in [-0.3, -0.25) is 4.79 Å². The van der Waals surface area contributed by atoms with Crippen LogP contribution in [0.3, 0.4) is 0 Å². The SMILES string of the molecule is CN(C(=O)c1ncoc1CNC(=O)OCC1c2ccccc2-c2ccccc21)C(C)(C)C(=O)O. The molecule has 1 aliphatic rings. The van der Waals surface area contributed by atoms with Gasteiger partial charge in [-0.1, -0.05) is 48.5 Å². The summed E-state index contributed by atoms with van der Waals surface area (Å²) < 4.78 is 10.7. The van der Waals surface area contributed by atoms with E-state index in [1.165, 1.54) is 20.9 Å². The second-order valence-corrected chi connectivity index (χ2v) is 8.53. The Kier molecular flexibility index (Phi) is 6.10. The lowest BCUT2D eigenvalue weighted by molar-refractivity contribution is -0.147. The van der Waals surface area contributed by atoms with Crippen LogP contribution >= 0.6 is 0 Å². The first kappa shape index (κ1) is 23.0. The Morgan fingerprint density at radius 3 is 2.26 bits per heavy atom. The maximum Gasteiger partial charge on any atom is 0.407 e. The first-order valence-corrected chi connectivity index (χ1v) is 10.7. The minimum absolute atomic E-state index is 0.0734. The third kappa shape index (κ3) is 4.12. The van der Waals surface area contributed by atoms with Crippen LogP contribution in [0.25, 0.3) is 11.1 Å². The molecule has 1 heterocycles. The van der Waals surface area contributed by atoms with Crippen LogP contribution in [0.5, 0.6) is 0 Å². The second-order valence-electron chi connectivity index (χ2n) is 8.53. The van der Waals surface area contributed by atoms with Crippen molar-refractivity contribution in [1.29, 1.82) is 0 Å². The molecule has 0 radical (unpaired) electrons. The fourth-order valence-corrected chi connectivity index (χ4v) is 3.93. The summed E-state index contributed by atoms with van der Waals surface area (Å²) in [6.07, 6.45) is 0.403. The number of fused-ring (bicyclic) bond motifs is 3. The largest absolute Gasteiger partial charge is 0.480 e. The van der Waals surface area contributed by atoms with Gasteiger partial charge in [-0.15, -0.1) is 0 Å². The second kappa shape index (κ2) is 9.01. The van der Waals surface area contributed by atoms with Gasteiger partial charge in [0.15, 0.2) is 17.8 Å². The normalized spacial score (nSPS) is 12.6. The summed E-state index contributed by atoms with van der Waals surface area (Å²) >= 11 is 0. The predicted molar refractivity (Wildman–Crippen MR) is 122 cm³/mol. The number of nitrogens with one attached hydrogen (secondary N) is 1. The van der Waals surface area contributed by atoms with Crippen LogP contribution in [-0.2, 0) is 16.1 Å². The lowest BCUT2D eigenvalue weighted by Crippen LogP contribution is -2.51. The first-order chi connectivity index (χ1) is 16.2. The molecule has 3 aromatic rings. The summed E-state index contributed by atoms with van der Waals surface area (Å²) in [4.78, 5) is 41.6. The van der Waals surface area contributed by atoms with Crippen LogP contribution in [-0.4, -0.2) is 52.2 Å². The van der Waals surface area contributed by atoms with Crippen LogP contribution < -0.4 is 5.32 Å². The van der Waals surface area contributed by atoms with Gasteiger partial charge in [-0.25, -0.2) is 14.6 Å². The molecule has 0 spiro atoms. The van der Waals surface area contributed by atoms with Crippen molar-refractivity contribution in [3.8, 4) is 11.1 Å². The molecule has 34 heavy (non-hydrogen) atoms. The molecule has 0 bridgehead atoms. The summed E-state index contributed by atoms with van der Waals surface area (Å²) in [7, 11) is 1.37. The van der Waals surface area contributed by atoms with E-state index in [4.69, 9.17) is 9.15 Å². The number of carbonyl (C=O) groups is 3. The fourth-order valence-electron chi connectivity index (χ4n) is 3.93. The number of oxazole rings is 1. The molecule has 0 unspecified atom stereocenters. The molecule has 1 aromatic heterocycles. The van der Waals surface area contributed by atoms with Gasteiger partial charge in [0.2, 0.25) is 0 Å². The number of aliphatic carboxylic acids is 1. The molecule has 4 rings (SSSR count). The van der Waals surface area contributed by atoms with E-state index in [0.29, 0.717) is 0 Å². The minimum atomic E-state index is -1.45. The van der Waals surface area contributed by atoms with Crippen molar-refractivity contribution in [2.24, 2.45) is 0 Å². The van der Waals surface area contributed by atoms with E-state index < -0.39 is 23.5 Å². The average Bonchev–Trinajstić information content (AvgIpc) is 3.43. The number of benzene rings is 2. The molecular weight excluding hydrogens is 438 g/mol. The Hall–Kier alpha value is -4.14. The first-order valence-electron chi connectivity index (χ1n) is 10.7. The van der Waals surface area contributed by atoms with Crippen molar-refractivity contribution in [3.05, 3.63) is 77.5 Å². The van der Waals surface area contributed by atoms with Gasteiger partial charge in [0, 0.05) is 13.0 Å². The fraction of sp³-hybridized carbons (Fsp3) is 0.280. The maximum atomic E-state index is 12.8. The number of carbonyl (C=O) groups excluding carboxylic acids is 2. The molecular formula is C25H25N3O6. The highest BCUT2D eigenvalue weighted by Gasteiger charge is 2.37. The number of likely N-dealkylation sites (N-methyl/N-ethyl adjacent to an activating group) is 1. The third-order valence-electron chi connectivity index (χ3n) is 6.25. The van der Waals surface area contributed by atoms with E-state index in [9.17, 15) is 19.5 Å². The number of rotatable bonds is 7. The maximum absolute atomic E-state index is 12.8. The standard InChI is InChI=1S/C25H25N3O6/c1-25(2,23(30)31)28(3)22(29)21-20(34-14-27-21)12-26-24(32)33-13-19-17-10-6-4-8-15(17)16-9-5-7-11-18(16)19/h4-11,14,19H,12-13H2,1-3H3,(H,26,32)(H,30,31). The summed E-state index contributed by atoms with van der Waals surface area (Å²) in [5.74, 6) is -1.77. The van der Waals surface area contributed by atoms with Crippen LogP contribution in [0.1, 0.15) is 47.1 Å².